The number of alkyl carbamates (subject to hydrolysis) is 1. The van der Waals surface area contributed by atoms with Crippen molar-refractivity contribution in [3.63, 3.8) is 0 Å². The quantitative estimate of drug-likeness (QED) is 0.519. The number of rotatable bonds is 9. The number of benzene rings is 2. The summed E-state index contributed by atoms with van der Waals surface area (Å²) in [5, 5.41) is 14.1. The SMILES string of the molecule is CN(C)CC(NC(=O)/C=C/CNC(=O)OCC1c2ccccc2-c2ccccc21)C(=O)O. The Labute approximate surface area is 186 Å². The van der Waals surface area contributed by atoms with Gasteiger partial charge in [0.2, 0.25) is 5.91 Å². The monoisotopic (exact) mass is 437 g/mol. The van der Waals surface area contributed by atoms with Crippen LogP contribution < -0.4 is 10.6 Å². The number of carbonyl (C=O) groups excluding carboxylic acids is 2. The molecule has 0 saturated heterocycles. The van der Waals surface area contributed by atoms with E-state index in [2.05, 4.69) is 22.8 Å². The topological polar surface area (TPSA) is 108 Å². The molecule has 2 aromatic rings. The second-order valence-electron chi connectivity index (χ2n) is 7.77. The number of carbonyl (C=O) groups is 3. The highest BCUT2D eigenvalue weighted by molar-refractivity contribution is 5.91. The van der Waals surface area contributed by atoms with Crippen LogP contribution in [0.2, 0.25) is 0 Å². The first kappa shape index (κ1) is 23.0. The maximum Gasteiger partial charge on any atom is 0.407 e. The Morgan fingerprint density at radius 2 is 1.66 bits per heavy atom. The molecular formula is C24H27N3O5. The standard InChI is InChI=1S/C24H27N3O5/c1-27(2)14-21(23(29)30)26-22(28)12-7-13-25-24(31)32-15-20-18-10-5-3-8-16(18)17-9-4-6-11-19(17)20/h3-12,20-21H,13-15H2,1-2H3,(H,25,31)(H,26,28)(H,29,30)/b12-7+. The molecule has 0 aromatic heterocycles. The molecule has 0 aliphatic heterocycles. The van der Waals surface area contributed by atoms with Gasteiger partial charge in [0.25, 0.3) is 0 Å². The maximum absolute atomic E-state index is 12.1. The molecule has 0 bridgehead atoms. The third kappa shape index (κ3) is 5.73. The lowest BCUT2D eigenvalue weighted by Gasteiger charge is -2.17. The van der Waals surface area contributed by atoms with Crippen molar-refractivity contribution in [2.24, 2.45) is 0 Å². The Morgan fingerprint density at radius 1 is 1.06 bits per heavy atom. The number of likely N-dealkylation sites (N-methyl/N-ethyl adjacent to an activating group) is 1. The lowest BCUT2D eigenvalue weighted by atomic mass is 9.98. The van der Waals surface area contributed by atoms with Crippen LogP contribution in [0, 0.1) is 0 Å². The summed E-state index contributed by atoms with van der Waals surface area (Å²) in [5.41, 5.74) is 4.56. The largest absolute Gasteiger partial charge is 0.480 e. The van der Waals surface area contributed by atoms with Crippen LogP contribution in [0.3, 0.4) is 0 Å². The Morgan fingerprint density at radius 3 is 2.22 bits per heavy atom. The van der Waals surface area contributed by atoms with Gasteiger partial charge in [-0.3, -0.25) is 4.79 Å². The fraction of sp³-hybridized carbons (Fsp3) is 0.292. The van der Waals surface area contributed by atoms with Crippen molar-refractivity contribution in [3.05, 3.63) is 71.8 Å². The van der Waals surface area contributed by atoms with Crippen molar-refractivity contribution in [2.45, 2.75) is 12.0 Å². The number of carboxylic acids is 1. The summed E-state index contributed by atoms with van der Waals surface area (Å²) < 4.78 is 5.42. The molecule has 1 aliphatic rings. The van der Waals surface area contributed by atoms with Gasteiger partial charge >= 0.3 is 12.1 Å². The zero-order valence-corrected chi connectivity index (χ0v) is 18.1. The van der Waals surface area contributed by atoms with E-state index in [1.807, 2.05) is 36.4 Å². The van der Waals surface area contributed by atoms with Gasteiger partial charge in [-0.1, -0.05) is 54.6 Å². The van der Waals surface area contributed by atoms with E-state index in [4.69, 9.17) is 9.84 Å². The molecule has 0 saturated carbocycles. The molecule has 2 aromatic carbocycles. The second kappa shape index (κ2) is 10.6. The van der Waals surface area contributed by atoms with Gasteiger partial charge in [-0.05, 0) is 36.3 Å². The minimum absolute atomic E-state index is 0.0286. The molecule has 0 heterocycles. The number of nitrogens with zero attached hydrogens (tertiary/aromatic N) is 1. The predicted octanol–water partition coefficient (Wildman–Crippen LogP) is 2.21. The van der Waals surface area contributed by atoms with Crippen molar-refractivity contribution < 1.29 is 24.2 Å². The molecule has 1 unspecified atom stereocenters. The fourth-order valence-electron chi connectivity index (χ4n) is 3.73. The van der Waals surface area contributed by atoms with Crippen molar-refractivity contribution in [3.8, 4) is 11.1 Å². The lowest BCUT2D eigenvalue weighted by molar-refractivity contribution is -0.141. The van der Waals surface area contributed by atoms with Crippen molar-refractivity contribution in [2.75, 3.05) is 33.8 Å². The highest BCUT2D eigenvalue weighted by Crippen LogP contribution is 2.44. The fourth-order valence-corrected chi connectivity index (χ4v) is 3.73. The molecule has 1 aliphatic carbocycles. The van der Waals surface area contributed by atoms with Crippen molar-refractivity contribution in [1.82, 2.24) is 15.5 Å². The molecule has 32 heavy (non-hydrogen) atoms. The van der Waals surface area contributed by atoms with Gasteiger partial charge < -0.3 is 25.4 Å². The third-order valence-corrected chi connectivity index (χ3v) is 5.14. The average Bonchev–Trinajstić information content (AvgIpc) is 3.08. The summed E-state index contributed by atoms with van der Waals surface area (Å²) >= 11 is 0. The van der Waals surface area contributed by atoms with Gasteiger partial charge in [0, 0.05) is 25.1 Å². The first-order valence-corrected chi connectivity index (χ1v) is 10.3. The van der Waals surface area contributed by atoms with Crippen LogP contribution in [0.25, 0.3) is 11.1 Å². The van der Waals surface area contributed by atoms with E-state index in [0.717, 1.165) is 22.3 Å². The molecule has 0 fully saturated rings. The Balaban J connectivity index is 1.47. The summed E-state index contributed by atoms with van der Waals surface area (Å²) in [7, 11) is 3.44. The summed E-state index contributed by atoms with van der Waals surface area (Å²) in [6, 6.07) is 15.1. The summed E-state index contributed by atoms with van der Waals surface area (Å²) in [6.45, 7) is 0.456. The molecule has 1 atom stereocenters. The van der Waals surface area contributed by atoms with Crippen LogP contribution in [-0.4, -0.2) is 67.8 Å². The normalized spacial score (nSPS) is 13.5. The smallest absolute Gasteiger partial charge is 0.407 e. The van der Waals surface area contributed by atoms with Gasteiger partial charge in [-0.25, -0.2) is 9.59 Å². The van der Waals surface area contributed by atoms with E-state index in [1.54, 1.807) is 19.0 Å². The summed E-state index contributed by atoms with van der Waals surface area (Å²) in [5.74, 6) is -1.69. The maximum atomic E-state index is 12.1. The number of amides is 2. The van der Waals surface area contributed by atoms with Crippen LogP contribution in [-0.2, 0) is 14.3 Å². The molecule has 3 N–H and O–H groups in total. The molecule has 8 heteroatoms. The van der Waals surface area contributed by atoms with Gasteiger partial charge in [0.15, 0.2) is 0 Å². The highest BCUT2D eigenvalue weighted by Gasteiger charge is 2.28. The minimum Gasteiger partial charge on any atom is -0.480 e. The lowest BCUT2D eigenvalue weighted by Crippen LogP contribution is -2.46. The van der Waals surface area contributed by atoms with Gasteiger partial charge in [-0.15, -0.1) is 0 Å². The van der Waals surface area contributed by atoms with E-state index < -0.39 is 24.0 Å². The van der Waals surface area contributed by atoms with Gasteiger partial charge in [-0.2, -0.15) is 0 Å². The zero-order valence-electron chi connectivity index (χ0n) is 18.1. The average molecular weight is 437 g/mol. The van der Waals surface area contributed by atoms with Crippen LogP contribution in [0.4, 0.5) is 4.79 Å². The summed E-state index contributed by atoms with van der Waals surface area (Å²) in [6.07, 6.45) is 2.04. The van der Waals surface area contributed by atoms with Crippen LogP contribution in [0.1, 0.15) is 17.0 Å². The number of aliphatic carboxylic acids is 1. The Hall–Kier alpha value is -3.65. The zero-order chi connectivity index (χ0) is 23.1. The third-order valence-electron chi connectivity index (χ3n) is 5.14. The number of ether oxygens (including phenoxy) is 1. The second-order valence-corrected chi connectivity index (χ2v) is 7.77. The van der Waals surface area contributed by atoms with E-state index in [9.17, 15) is 14.4 Å². The number of hydrogen-bond acceptors (Lipinski definition) is 5. The molecule has 2 amide bonds. The molecule has 8 nitrogen and oxygen atoms in total. The van der Waals surface area contributed by atoms with Crippen LogP contribution in [0.15, 0.2) is 60.7 Å². The van der Waals surface area contributed by atoms with Gasteiger partial charge in [0.1, 0.15) is 12.6 Å². The molecule has 0 spiro atoms. The summed E-state index contributed by atoms with van der Waals surface area (Å²) in [4.78, 5) is 36.9. The first-order chi connectivity index (χ1) is 15.4. The number of nitrogens with one attached hydrogen (secondary N) is 2. The minimum atomic E-state index is -1.11. The van der Waals surface area contributed by atoms with Crippen molar-refractivity contribution >= 4 is 18.0 Å². The van der Waals surface area contributed by atoms with Crippen LogP contribution >= 0.6 is 0 Å². The van der Waals surface area contributed by atoms with E-state index in [0.29, 0.717) is 0 Å². The molecule has 168 valence electrons. The Kier molecular flexibility index (Phi) is 7.62. The Bertz CT molecular complexity index is 973. The van der Waals surface area contributed by atoms with Gasteiger partial charge in [0.05, 0.1) is 0 Å². The van der Waals surface area contributed by atoms with E-state index in [1.165, 1.54) is 12.2 Å². The highest BCUT2D eigenvalue weighted by atomic mass is 16.5. The van der Waals surface area contributed by atoms with E-state index in [-0.39, 0.29) is 25.6 Å². The molecule has 0 radical (unpaired) electrons. The first-order valence-electron chi connectivity index (χ1n) is 10.3. The molecule has 3 rings (SSSR count). The number of hydrogen-bond donors (Lipinski definition) is 3. The molecular weight excluding hydrogens is 410 g/mol. The van der Waals surface area contributed by atoms with Crippen molar-refractivity contribution in [1.29, 1.82) is 0 Å². The van der Waals surface area contributed by atoms with Crippen LogP contribution in [0.5, 0.6) is 0 Å². The number of fused-ring (bicyclic) bond motifs is 3. The number of carboxylic acid groups (broad SMARTS) is 1. The predicted molar refractivity (Wildman–Crippen MR) is 120 cm³/mol. The van der Waals surface area contributed by atoms with E-state index >= 15 is 0 Å².